The summed E-state index contributed by atoms with van der Waals surface area (Å²) < 4.78 is 13.2. The van der Waals surface area contributed by atoms with Crippen molar-refractivity contribution in [1.29, 1.82) is 0 Å². The van der Waals surface area contributed by atoms with Crippen molar-refractivity contribution in [3.05, 3.63) is 145 Å². The predicted molar refractivity (Wildman–Crippen MR) is 157 cm³/mol. The van der Waals surface area contributed by atoms with Crippen LogP contribution in [0.3, 0.4) is 0 Å². The zero-order valence-electron chi connectivity index (χ0n) is 21.8. The number of carbonyl (C=O) groups is 1. The molecule has 0 spiro atoms. The van der Waals surface area contributed by atoms with Crippen LogP contribution in [0.25, 0.3) is 16.9 Å². The van der Waals surface area contributed by atoms with Crippen LogP contribution in [0.2, 0.25) is 0 Å². The lowest BCUT2D eigenvalue weighted by molar-refractivity contribution is 0.0955. The van der Waals surface area contributed by atoms with Crippen LogP contribution in [-0.4, -0.2) is 28.5 Å². The quantitative estimate of drug-likeness (QED) is 0.121. The number of para-hydroxylation sites is 1. The van der Waals surface area contributed by atoms with E-state index in [1.807, 2.05) is 91.1 Å². The minimum atomic E-state index is -0.330. The number of carbonyl (C=O) groups excluding carboxylic acids is 1. The van der Waals surface area contributed by atoms with Gasteiger partial charge in [-0.05, 0) is 66.2 Å². The molecule has 198 valence electrons. The number of rotatable bonds is 11. The van der Waals surface area contributed by atoms with Crippen molar-refractivity contribution in [2.24, 2.45) is 5.10 Å². The molecule has 1 N–H and O–H groups in total. The Morgan fingerprint density at radius 3 is 2.20 bits per heavy atom. The van der Waals surface area contributed by atoms with Crippen LogP contribution in [0.15, 0.2) is 133 Å². The Morgan fingerprint density at radius 2 is 1.50 bits per heavy atom. The van der Waals surface area contributed by atoms with E-state index in [4.69, 9.17) is 14.6 Å². The normalized spacial score (nSPS) is 10.8. The lowest BCUT2D eigenvalue weighted by atomic mass is 10.1. The maximum Gasteiger partial charge on any atom is 0.271 e. The van der Waals surface area contributed by atoms with Gasteiger partial charge in [-0.2, -0.15) is 10.2 Å². The van der Waals surface area contributed by atoms with E-state index < -0.39 is 0 Å². The van der Waals surface area contributed by atoms with Gasteiger partial charge in [-0.1, -0.05) is 61.2 Å². The molecule has 0 aliphatic heterocycles. The van der Waals surface area contributed by atoms with E-state index in [2.05, 4.69) is 17.1 Å². The van der Waals surface area contributed by atoms with Gasteiger partial charge in [0.1, 0.15) is 30.4 Å². The molecule has 0 aliphatic carbocycles. The van der Waals surface area contributed by atoms with E-state index in [-0.39, 0.29) is 5.91 Å². The predicted octanol–water partition coefficient (Wildman–Crippen LogP) is 6.45. The lowest BCUT2D eigenvalue weighted by Gasteiger charge is -2.07. The van der Waals surface area contributed by atoms with Crippen LogP contribution < -0.4 is 14.9 Å². The number of nitrogens with zero attached hydrogens (tertiary/aromatic N) is 3. The number of hydrazone groups is 1. The average Bonchev–Trinajstić information content (AvgIpc) is 3.44. The molecule has 0 unspecified atom stereocenters. The molecule has 7 heteroatoms. The van der Waals surface area contributed by atoms with Crippen molar-refractivity contribution in [3.8, 4) is 28.4 Å². The summed E-state index contributed by atoms with van der Waals surface area (Å²) in [7, 11) is 0. The van der Waals surface area contributed by atoms with Crippen LogP contribution in [0, 0.1) is 0 Å². The molecule has 1 amide bonds. The van der Waals surface area contributed by atoms with Crippen molar-refractivity contribution in [3.63, 3.8) is 0 Å². The third-order valence-electron chi connectivity index (χ3n) is 5.99. The number of ether oxygens (including phenoxy) is 2. The minimum Gasteiger partial charge on any atom is -0.490 e. The molecule has 5 rings (SSSR count). The standard InChI is InChI=1S/C33H28N4O3/c1-2-21-39-30-19-15-27(16-20-30)33(38)35-34-22-28-23-37(29-11-7-4-8-12-29)36-32(28)26-13-17-31(18-14-26)40-24-25-9-5-3-6-10-25/h2-20,22-23H,1,21,24H2,(H,35,38). The Labute approximate surface area is 233 Å². The minimum absolute atomic E-state index is 0.330. The summed E-state index contributed by atoms with van der Waals surface area (Å²) in [5.41, 5.74) is 7.44. The Morgan fingerprint density at radius 1 is 0.850 bits per heavy atom. The molecule has 1 aromatic heterocycles. The molecule has 5 aromatic rings. The fourth-order valence-corrected chi connectivity index (χ4v) is 3.95. The van der Waals surface area contributed by atoms with Gasteiger partial charge in [-0.15, -0.1) is 0 Å². The van der Waals surface area contributed by atoms with E-state index in [1.54, 1.807) is 41.2 Å². The molecule has 4 aromatic carbocycles. The highest BCUT2D eigenvalue weighted by molar-refractivity contribution is 5.95. The second kappa shape index (κ2) is 12.9. The molecule has 0 fully saturated rings. The van der Waals surface area contributed by atoms with Crippen LogP contribution >= 0.6 is 0 Å². The van der Waals surface area contributed by atoms with Crippen molar-refractivity contribution in [1.82, 2.24) is 15.2 Å². The van der Waals surface area contributed by atoms with Gasteiger partial charge in [-0.25, -0.2) is 10.1 Å². The van der Waals surface area contributed by atoms with Gasteiger partial charge in [-0.3, -0.25) is 4.79 Å². The van der Waals surface area contributed by atoms with Gasteiger partial charge in [0.05, 0.1) is 11.9 Å². The first-order valence-electron chi connectivity index (χ1n) is 12.8. The highest BCUT2D eigenvalue weighted by Crippen LogP contribution is 2.25. The molecule has 0 saturated heterocycles. The van der Waals surface area contributed by atoms with E-state index in [0.717, 1.165) is 33.8 Å². The second-order valence-electron chi connectivity index (χ2n) is 8.84. The summed E-state index contributed by atoms with van der Waals surface area (Å²) in [6, 6.07) is 34.4. The zero-order chi connectivity index (χ0) is 27.6. The van der Waals surface area contributed by atoms with Crippen LogP contribution in [0.5, 0.6) is 11.5 Å². The van der Waals surface area contributed by atoms with Crippen molar-refractivity contribution >= 4 is 12.1 Å². The van der Waals surface area contributed by atoms with Gasteiger partial charge in [0.25, 0.3) is 5.91 Å². The molecule has 40 heavy (non-hydrogen) atoms. The Kier molecular flexibility index (Phi) is 8.44. The number of amides is 1. The second-order valence-corrected chi connectivity index (χ2v) is 8.84. The van der Waals surface area contributed by atoms with Crippen LogP contribution in [0.4, 0.5) is 0 Å². The number of aromatic nitrogens is 2. The van der Waals surface area contributed by atoms with Gasteiger partial charge in [0, 0.05) is 22.9 Å². The number of nitrogens with one attached hydrogen (secondary N) is 1. The molecule has 0 bridgehead atoms. The number of benzene rings is 4. The third-order valence-corrected chi connectivity index (χ3v) is 5.99. The summed E-state index contributed by atoms with van der Waals surface area (Å²) in [5.74, 6) is 1.09. The lowest BCUT2D eigenvalue weighted by Crippen LogP contribution is -2.17. The number of hydrogen-bond donors (Lipinski definition) is 1. The van der Waals surface area contributed by atoms with Crippen LogP contribution in [-0.2, 0) is 6.61 Å². The largest absolute Gasteiger partial charge is 0.490 e. The van der Waals surface area contributed by atoms with Gasteiger partial charge in [0.2, 0.25) is 0 Å². The Hall–Kier alpha value is -5.43. The fraction of sp³-hybridized carbons (Fsp3) is 0.0606. The molecule has 0 aliphatic rings. The van der Waals surface area contributed by atoms with Crippen molar-refractivity contribution in [2.75, 3.05) is 6.61 Å². The smallest absolute Gasteiger partial charge is 0.271 e. The third kappa shape index (κ3) is 6.71. The van der Waals surface area contributed by atoms with Crippen LogP contribution in [0.1, 0.15) is 21.5 Å². The van der Waals surface area contributed by atoms with E-state index in [9.17, 15) is 4.79 Å². The highest BCUT2D eigenvalue weighted by Gasteiger charge is 2.12. The fourth-order valence-electron chi connectivity index (χ4n) is 3.95. The molecule has 0 radical (unpaired) electrons. The van der Waals surface area contributed by atoms with E-state index >= 15 is 0 Å². The first kappa shape index (κ1) is 26.2. The topological polar surface area (TPSA) is 77.7 Å². The Balaban J connectivity index is 1.33. The maximum atomic E-state index is 12.6. The highest BCUT2D eigenvalue weighted by atomic mass is 16.5. The monoisotopic (exact) mass is 528 g/mol. The molecular formula is C33H28N4O3. The summed E-state index contributed by atoms with van der Waals surface area (Å²) in [5, 5.41) is 9.03. The first-order chi connectivity index (χ1) is 19.7. The maximum absolute atomic E-state index is 12.6. The zero-order valence-corrected chi connectivity index (χ0v) is 21.8. The molecule has 0 saturated carbocycles. The Bertz CT molecular complexity index is 1580. The molecule has 0 atom stereocenters. The summed E-state index contributed by atoms with van der Waals surface area (Å²) in [6.45, 7) is 4.52. The van der Waals surface area contributed by atoms with Gasteiger partial charge >= 0.3 is 0 Å². The van der Waals surface area contributed by atoms with E-state index in [0.29, 0.717) is 24.5 Å². The summed E-state index contributed by atoms with van der Waals surface area (Å²) in [4.78, 5) is 12.6. The summed E-state index contributed by atoms with van der Waals surface area (Å²) >= 11 is 0. The SMILES string of the molecule is C=CCOc1ccc(C(=O)NN=Cc2cn(-c3ccccc3)nc2-c2ccc(OCc3ccccc3)cc2)cc1. The van der Waals surface area contributed by atoms with Crippen molar-refractivity contribution < 1.29 is 14.3 Å². The average molecular weight is 529 g/mol. The molecular weight excluding hydrogens is 500 g/mol. The van der Waals surface area contributed by atoms with Gasteiger partial charge < -0.3 is 9.47 Å². The summed E-state index contributed by atoms with van der Waals surface area (Å²) in [6.07, 6.45) is 5.14. The van der Waals surface area contributed by atoms with Gasteiger partial charge in [0.15, 0.2) is 0 Å². The first-order valence-corrected chi connectivity index (χ1v) is 12.8. The molecule has 1 heterocycles. The van der Waals surface area contributed by atoms with Crippen molar-refractivity contribution in [2.45, 2.75) is 6.61 Å². The van der Waals surface area contributed by atoms with E-state index in [1.165, 1.54) is 0 Å². The molecule has 7 nitrogen and oxygen atoms in total. The number of hydrogen-bond acceptors (Lipinski definition) is 5.